The Morgan fingerprint density at radius 3 is 2.67 bits per heavy atom. The van der Waals surface area contributed by atoms with E-state index in [1.54, 1.807) is 36.5 Å². The summed E-state index contributed by atoms with van der Waals surface area (Å²) in [7, 11) is 1.52. The van der Waals surface area contributed by atoms with E-state index in [1.807, 2.05) is 6.92 Å². The van der Waals surface area contributed by atoms with Crippen molar-refractivity contribution in [2.75, 3.05) is 13.7 Å². The lowest BCUT2D eigenvalue weighted by Crippen LogP contribution is -2.10. The van der Waals surface area contributed by atoms with Gasteiger partial charge in [0.15, 0.2) is 5.78 Å². The fourth-order valence-corrected chi connectivity index (χ4v) is 2.13. The molecule has 6 heteroatoms. The maximum absolute atomic E-state index is 12.3. The molecule has 0 saturated heterocycles. The van der Waals surface area contributed by atoms with Crippen LogP contribution in [0.4, 0.5) is 0 Å². The van der Waals surface area contributed by atoms with Crippen LogP contribution in [0.2, 0.25) is 0 Å². The summed E-state index contributed by atoms with van der Waals surface area (Å²) in [6, 6.07) is 8.22. The molecule has 0 aliphatic carbocycles. The van der Waals surface area contributed by atoms with E-state index < -0.39 is 5.97 Å². The normalized spacial score (nSPS) is 10.1. The van der Waals surface area contributed by atoms with Crippen molar-refractivity contribution >= 4 is 11.8 Å². The van der Waals surface area contributed by atoms with Gasteiger partial charge in [0, 0.05) is 17.3 Å². The van der Waals surface area contributed by atoms with Crippen LogP contribution in [0.25, 0.3) is 0 Å². The van der Waals surface area contributed by atoms with Gasteiger partial charge in [-0.3, -0.25) is 4.79 Å². The Morgan fingerprint density at radius 1 is 1.21 bits per heavy atom. The first-order valence-corrected chi connectivity index (χ1v) is 7.49. The van der Waals surface area contributed by atoms with Crippen LogP contribution in [0.15, 0.2) is 36.5 Å². The monoisotopic (exact) mass is 329 g/mol. The second-order valence-electron chi connectivity index (χ2n) is 4.95. The molecule has 24 heavy (non-hydrogen) atoms. The van der Waals surface area contributed by atoms with E-state index >= 15 is 0 Å². The predicted octanol–water partition coefficient (Wildman–Crippen LogP) is 3.05. The molecule has 0 N–H and O–H groups in total. The van der Waals surface area contributed by atoms with Gasteiger partial charge in [0.05, 0.1) is 13.7 Å². The molecule has 2 aromatic rings. The molecule has 1 aromatic carbocycles. The minimum Gasteiger partial charge on any atom is -0.496 e. The number of benzene rings is 1. The summed E-state index contributed by atoms with van der Waals surface area (Å²) in [4.78, 5) is 27.8. The van der Waals surface area contributed by atoms with E-state index in [0.29, 0.717) is 23.5 Å². The van der Waals surface area contributed by atoms with Crippen LogP contribution in [0, 0.1) is 0 Å². The number of ether oxygens (including phenoxy) is 3. The summed E-state index contributed by atoms with van der Waals surface area (Å²) < 4.78 is 15.9. The average molecular weight is 329 g/mol. The molecule has 0 atom stereocenters. The number of Topliss-reactive ketones (excluding diaryl/α,β-unsaturated/α-hetero) is 1. The molecular weight excluding hydrogens is 310 g/mol. The maximum atomic E-state index is 12.3. The third kappa shape index (κ3) is 4.10. The Balaban J connectivity index is 2.17. The predicted molar refractivity (Wildman–Crippen MR) is 87.5 cm³/mol. The number of methoxy groups -OCH3 is 1. The van der Waals surface area contributed by atoms with E-state index in [2.05, 4.69) is 4.98 Å². The SMILES string of the molecule is CCOc1ncccc1C(=O)OCc1cc(C(C)=O)ccc1OC. The zero-order valence-electron chi connectivity index (χ0n) is 13.9. The topological polar surface area (TPSA) is 74.7 Å². The van der Waals surface area contributed by atoms with Crippen molar-refractivity contribution in [1.29, 1.82) is 0 Å². The Kier molecular flexibility index (Phi) is 5.89. The molecule has 126 valence electrons. The molecule has 0 aliphatic heterocycles. The maximum Gasteiger partial charge on any atom is 0.343 e. The van der Waals surface area contributed by atoms with Gasteiger partial charge in [0.1, 0.15) is 17.9 Å². The molecule has 1 heterocycles. The molecule has 6 nitrogen and oxygen atoms in total. The number of carbonyl (C=O) groups is 2. The zero-order chi connectivity index (χ0) is 17.5. The average Bonchev–Trinajstić information content (AvgIpc) is 2.60. The number of hydrogen-bond donors (Lipinski definition) is 0. The fraction of sp³-hybridized carbons (Fsp3) is 0.278. The van der Waals surface area contributed by atoms with Crippen LogP contribution in [0.5, 0.6) is 11.6 Å². The Labute approximate surface area is 140 Å². The lowest BCUT2D eigenvalue weighted by molar-refractivity contribution is 0.0464. The summed E-state index contributed by atoms with van der Waals surface area (Å²) in [6.07, 6.45) is 1.54. The molecule has 0 spiro atoms. The van der Waals surface area contributed by atoms with Gasteiger partial charge in [0.25, 0.3) is 0 Å². The van der Waals surface area contributed by atoms with Crippen molar-refractivity contribution in [3.63, 3.8) is 0 Å². The van der Waals surface area contributed by atoms with Crippen molar-refractivity contribution in [2.45, 2.75) is 20.5 Å². The van der Waals surface area contributed by atoms with Gasteiger partial charge in [-0.05, 0) is 44.2 Å². The minimum absolute atomic E-state index is 0.0242. The van der Waals surface area contributed by atoms with Gasteiger partial charge in [0.2, 0.25) is 5.88 Å². The molecule has 0 radical (unpaired) electrons. The summed E-state index contributed by atoms with van der Waals surface area (Å²) in [6.45, 7) is 3.65. The zero-order valence-corrected chi connectivity index (χ0v) is 13.9. The highest BCUT2D eigenvalue weighted by Gasteiger charge is 2.16. The van der Waals surface area contributed by atoms with Crippen LogP contribution in [0.3, 0.4) is 0 Å². The number of pyridine rings is 1. The van der Waals surface area contributed by atoms with Gasteiger partial charge in [-0.25, -0.2) is 9.78 Å². The van der Waals surface area contributed by atoms with E-state index in [0.717, 1.165) is 0 Å². The number of ketones is 1. The van der Waals surface area contributed by atoms with Gasteiger partial charge in [-0.15, -0.1) is 0 Å². The van der Waals surface area contributed by atoms with Crippen molar-refractivity contribution in [3.05, 3.63) is 53.2 Å². The van der Waals surface area contributed by atoms with Crippen LogP contribution in [-0.4, -0.2) is 30.5 Å². The number of hydrogen-bond acceptors (Lipinski definition) is 6. The Hall–Kier alpha value is -2.89. The lowest BCUT2D eigenvalue weighted by Gasteiger charge is -2.12. The molecule has 0 aliphatic rings. The van der Waals surface area contributed by atoms with Crippen molar-refractivity contribution in [2.24, 2.45) is 0 Å². The number of carbonyl (C=O) groups excluding carboxylic acids is 2. The molecular formula is C18H19NO5. The van der Waals surface area contributed by atoms with E-state index in [1.165, 1.54) is 14.0 Å². The molecule has 0 fully saturated rings. The standard InChI is InChI=1S/C18H19NO5/c1-4-23-17-15(6-5-9-19-17)18(21)24-11-14-10-13(12(2)20)7-8-16(14)22-3/h5-10H,4,11H2,1-3H3. The highest BCUT2D eigenvalue weighted by molar-refractivity contribution is 5.94. The smallest absolute Gasteiger partial charge is 0.343 e. The highest BCUT2D eigenvalue weighted by Crippen LogP contribution is 2.22. The Morgan fingerprint density at radius 2 is 2.00 bits per heavy atom. The van der Waals surface area contributed by atoms with Gasteiger partial charge in [-0.2, -0.15) is 0 Å². The van der Waals surface area contributed by atoms with Crippen LogP contribution in [-0.2, 0) is 11.3 Å². The number of nitrogens with zero attached hydrogens (tertiary/aromatic N) is 1. The summed E-state index contributed by atoms with van der Waals surface area (Å²) in [5.74, 6) is 0.149. The Bertz CT molecular complexity index is 742. The van der Waals surface area contributed by atoms with Gasteiger partial charge in [-0.1, -0.05) is 0 Å². The second kappa shape index (κ2) is 8.10. The number of rotatable bonds is 7. The van der Waals surface area contributed by atoms with Crippen molar-refractivity contribution < 1.29 is 23.8 Å². The lowest BCUT2D eigenvalue weighted by atomic mass is 10.1. The molecule has 0 saturated carbocycles. The quantitative estimate of drug-likeness (QED) is 0.574. The summed E-state index contributed by atoms with van der Waals surface area (Å²) >= 11 is 0. The first kappa shape index (κ1) is 17.5. The molecule has 0 unspecified atom stereocenters. The largest absolute Gasteiger partial charge is 0.496 e. The third-order valence-electron chi connectivity index (χ3n) is 3.32. The summed E-state index contributed by atoms with van der Waals surface area (Å²) in [5, 5.41) is 0. The first-order valence-electron chi connectivity index (χ1n) is 7.49. The first-order chi connectivity index (χ1) is 11.6. The minimum atomic E-state index is -0.554. The molecule has 1 aromatic heterocycles. The molecule has 2 rings (SSSR count). The fourth-order valence-electron chi connectivity index (χ4n) is 2.13. The van der Waals surface area contributed by atoms with Crippen LogP contribution >= 0.6 is 0 Å². The summed E-state index contributed by atoms with van der Waals surface area (Å²) in [5.41, 5.74) is 1.39. The van der Waals surface area contributed by atoms with E-state index in [9.17, 15) is 9.59 Å². The number of aromatic nitrogens is 1. The van der Waals surface area contributed by atoms with Crippen molar-refractivity contribution in [3.8, 4) is 11.6 Å². The molecule has 0 amide bonds. The molecule has 0 bridgehead atoms. The van der Waals surface area contributed by atoms with Gasteiger partial charge >= 0.3 is 5.97 Å². The van der Waals surface area contributed by atoms with E-state index in [4.69, 9.17) is 14.2 Å². The third-order valence-corrected chi connectivity index (χ3v) is 3.32. The van der Waals surface area contributed by atoms with Crippen LogP contribution < -0.4 is 9.47 Å². The van der Waals surface area contributed by atoms with Crippen molar-refractivity contribution in [1.82, 2.24) is 4.98 Å². The number of esters is 1. The van der Waals surface area contributed by atoms with Crippen LogP contribution in [0.1, 0.15) is 40.1 Å². The van der Waals surface area contributed by atoms with Gasteiger partial charge < -0.3 is 14.2 Å². The van der Waals surface area contributed by atoms with E-state index in [-0.39, 0.29) is 23.8 Å². The highest BCUT2D eigenvalue weighted by atomic mass is 16.5. The second-order valence-corrected chi connectivity index (χ2v) is 4.95.